The van der Waals surface area contributed by atoms with Crippen LogP contribution in [-0.2, 0) is 0 Å². The Kier molecular flexibility index (Phi) is 6.22. The summed E-state index contributed by atoms with van der Waals surface area (Å²) in [5, 5.41) is 3.60. The van der Waals surface area contributed by atoms with E-state index in [9.17, 15) is 0 Å². The molecule has 1 unspecified atom stereocenters. The summed E-state index contributed by atoms with van der Waals surface area (Å²) >= 11 is 0. The van der Waals surface area contributed by atoms with Gasteiger partial charge in [-0.15, -0.1) is 0 Å². The van der Waals surface area contributed by atoms with E-state index in [-0.39, 0.29) is 0 Å². The zero-order valence-electron chi connectivity index (χ0n) is 10.6. The van der Waals surface area contributed by atoms with E-state index in [0.717, 1.165) is 12.6 Å². The van der Waals surface area contributed by atoms with E-state index in [4.69, 9.17) is 0 Å². The Hall–Kier alpha value is -0.120. The lowest BCUT2D eigenvalue weighted by Crippen LogP contribution is -2.37. The second-order valence-corrected chi connectivity index (χ2v) is 5.04. The molecule has 1 heterocycles. The molecule has 15 heavy (non-hydrogen) atoms. The molecule has 3 nitrogen and oxygen atoms in total. The third kappa shape index (κ3) is 6.13. The summed E-state index contributed by atoms with van der Waals surface area (Å²) in [7, 11) is 6.50. The highest BCUT2D eigenvalue weighted by molar-refractivity contribution is 4.73. The van der Waals surface area contributed by atoms with Gasteiger partial charge in [-0.2, -0.15) is 0 Å². The lowest BCUT2D eigenvalue weighted by molar-refractivity contribution is 0.258. The van der Waals surface area contributed by atoms with Crippen LogP contribution in [0.3, 0.4) is 0 Å². The summed E-state index contributed by atoms with van der Waals surface area (Å²) in [6, 6.07) is 0.778. The fourth-order valence-corrected chi connectivity index (χ4v) is 2.03. The molecule has 0 saturated carbocycles. The molecular weight excluding hydrogens is 186 g/mol. The van der Waals surface area contributed by atoms with E-state index in [1.807, 2.05) is 0 Å². The van der Waals surface area contributed by atoms with Crippen molar-refractivity contribution in [1.29, 1.82) is 0 Å². The first-order valence-corrected chi connectivity index (χ1v) is 6.25. The van der Waals surface area contributed by atoms with Gasteiger partial charge in [-0.05, 0) is 53.5 Å². The lowest BCUT2D eigenvalue weighted by Gasteiger charge is -2.26. The Bertz CT molecular complexity index is 153. The van der Waals surface area contributed by atoms with E-state index in [1.165, 1.54) is 45.3 Å². The molecule has 1 N–H and O–H groups in total. The first-order chi connectivity index (χ1) is 7.18. The smallest absolute Gasteiger partial charge is 0.0106 e. The predicted molar refractivity (Wildman–Crippen MR) is 66.3 cm³/mol. The average Bonchev–Trinajstić information content (AvgIpc) is 2.25. The minimum atomic E-state index is 0.778. The number of nitrogens with zero attached hydrogens (tertiary/aromatic N) is 2. The Labute approximate surface area is 94.8 Å². The second-order valence-electron chi connectivity index (χ2n) is 5.04. The first kappa shape index (κ1) is 12.9. The molecular formula is C12H27N3. The van der Waals surface area contributed by atoms with Crippen molar-refractivity contribution in [1.82, 2.24) is 15.1 Å². The number of likely N-dealkylation sites (N-methyl/N-ethyl adjacent to an activating group) is 2. The standard InChI is InChI=1S/C12H27N3/c1-14(2)10-11-15(3)9-7-12-6-4-5-8-13-12/h12-13H,4-11H2,1-3H3. The molecule has 0 aromatic rings. The molecule has 0 radical (unpaired) electrons. The fraction of sp³-hybridized carbons (Fsp3) is 1.00. The second kappa shape index (κ2) is 7.20. The Balaban J connectivity index is 2.02. The molecule has 0 aliphatic carbocycles. The highest BCUT2D eigenvalue weighted by Gasteiger charge is 2.12. The number of hydrogen-bond acceptors (Lipinski definition) is 3. The summed E-state index contributed by atoms with van der Waals surface area (Å²) in [6.45, 7) is 4.80. The third-order valence-corrected chi connectivity index (χ3v) is 3.20. The summed E-state index contributed by atoms with van der Waals surface area (Å²) in [5.74, 6) is 0. The van der Waals surface area contributed by atoms with Gasteiger partial charge in [0, 0.05) is 19.1 Å². The maximum Gasteiger partial charge on any atom is 0.0106 e. The molecule has 1 rings (SSSR count). The Morgan fingerprint density at radius 2 is 1.87 bits per heavy atom. The van der Waals surface area contributed by atoms with Crippen LogP contribution < -0.4 is 5.32 Å². The van der Waals surface area contributed by atoms with E-state index in [0.29, 0.717) is 0 Å². The molecule has 1 atom stereocenters. The monoisotopic (exact) mass is 213 g/mol. The van der Waals surface area contributed by atoms with E-state index in [2.05, 4.69) is 36.3 Å². The van der Waals surface area contributed by atoms with Crippen LogP contribution in [0.15, 0.2) is 0 Å². The zero-order valence-corrected chi connectivity index (χ0v) is 10.6. The molecule has 3 heteroatoms. The molecule has 1 aliphatic rings. The van der Waals surface area contributed by atoms with Crippen LogP contribution in [0.25, 0.3) is 0 Å². The number of nitrogens with one attached hydrogen (secondary N) is 1. The van der Waals surface area contributed by atoms with Crippen molar-refractivity contribution in [3.63, 3.8) is 0 Å². The maximum atomic E-state index is 3.60. The summed E-state index contributed by atoms with van der Waals surface area (Å²) in [4.78, 5) is 4.69. The third-order valence-electron chi connectivity index (χ3n) is 3.20. The Morgan fingerprint density at radius 3 is 2.47 bits per heavy atom. The van der Waals surface area contributed by atoms with Gasteiger partial charge in [0.15, 0.2) is 0 Å². The summed E-state index contributed by atoms with van der Waals surface area (Å²) in [6.07, 6.45) is 5.47. The normalized spacial score (nSPS) is 22.6. The molecule has 0 aromatic heterocycles. The fourth-order valence-electron chi connectivity index (χ4n) is 2.03. The van der Waals surface area contributed by atoms with Gasteiger partial charge in [-0.1, -0.05) is 6.42 Å². The van der Waals surface area contributed by atoms with Gasteiger partial charge in [0.05, 0.1) is 0 Å². The maximum absolute atomic E-state index is 3.60. The van der Waals surface area contributed by atoms with Gasteiger partial charge in [0.2, 0.25) is 0 Å². The number of hydrogen-bond donors (Lipinski definition) is 1. The highest BCUT2D eigenvalue weighted by Crippen LogP contribution is 2.10. The van der Waals surface area contributed by atoms with Crippen molar-refractivity contribution < 1.29 is 0 Å². The lowest BCUT2D eigenvalue weighted by atomic mass is 10.0. The van der Waals surface area contributed by atoms with Crippen molar-refractivity contribution in [2.45, 2.75) is 31.7 Å². The van der Waals surface area contributed by atoms with Gasteiger partial charge in [-0.25, -0.2) is 0 Å². The number of piperidine rings is 1. The van der Waals surface area contributed by atoms with Crippen LogP contribution in [0, 0.1) is 0 Å². The largest absolute Gasteiger partial charge is 0.314 e. The number of rotatable bonds is 6. The van der Waals surface area contributed by atoms with E-state index >= 15 is 0 Å². The average molecular weight is 213 g/mol. The molecule has 0 aromatic carbocycles. The Morgan fingerprint density at radius 1 is 1.07 bits per heavy atom. The van der Waals surface area contributed by atoms with Crippen LogP contribution in [-0.4, -0.2) is 63.2 Å². The molecule has 0 amide bonds. The molecule has 0 bridgehead atoms. The van der Waals surface area contributed by atoms with Crippen LogP contribution in [0.1, 0.15) is 25.7 Å². The quantitative estimate of drug-likeness (QED) is 0.710. The molecule has 1 fully saturated rings. The first-order valence-electron chi connectivity index (χ1n) is 6.25. The van der Waals surface area contributed by atoms with Crippen LogP contribution in [0.4, 0.5) is 0 Å². The van der Waals surface area contributed by atoms with Gasteiger partial charge in [-0.3, -0.25) is 0 Å². The van der Waals surface area contributed by atoms with Crippen LogP contribution in [0.2, 0.25) is 0 Å². The molecule has 1 aliphatic heterocycles. The topological polar surface area (TPSA) is 18.5 Å². The highest BCUT2D eigenvalue weighted by atomic mass is 15.1. The minimum absolute atomic E-state index is 0.778. The van der Waals surface area contributed by atoms with Crippen LogP contribution in [0.5, 0.6) is 0 Å². The van der Waals surface area contributed by atoms with Crippen molar-refractivity contribution in [2.75, 3.05) is 47.3 Å². The van der Waals surface area contributed by atoms with Crippen molar-refractivity contribution in [2.24, 2.45) is 0 Å². The zero-order chi connectivity index (χ0) is 11.1. The molecule has 90 valence electrons. The van der Waals surface area contributed by atoms with E-state index in [1.54, 1.807) is 0 Å². The van der Waals surface area contributed by atoms with E-state index < -0.39 is 0 Å². The predicted octanol–water partition coefficient (Wildman–Crippen LogP) is 1.01. The minimum Gasteiger partial charge on any atom is -0.314 e. The van der Waals surface area contributed by atoms with Crippen molar-refractivity contribution in [3.8, 4) is 0 Å². The van der Waals surface area contributed by atoms with Gasteiger partial charge in [0.25, 0.3) is 0 Å². The van der Waals surface area contributed by atoms with Gasteiger partial charge in [0.1, 0.15) is 0 Å². The van der Waals surface area contributed by atoms with Crippen molar-refractivity contribution >= 4 is 0 Å². The van der Waals surface area contributed by atoms with Crippen LogP contribution >= 0.6 is 0 Å². The molecule has 1 saturated heterocycles. The summed E-state index contributed by atoms with van der Waals surface area (Å²) < 4.78 is 0. The SMILES string of the molecule is CN(C)CCN(C)CCC1CCCCN1. The molecule has 0 spiro atoms. The summed E-state index contributed by atoms with van der Waals surface area (Å²) in [5.41, 5.74) is 0. The van der Waals surface area contributed by atoms with Gasteiger partial charge >= 0.3 is 0 Å². The van der Waals surface area contributed by atoms with Gasteiger partial charge < -0.3 is 15.1 Å². The van der Waals surface area contributed by atoms with Crippen molar-refractivity contribution in [3.05, 3.63) is 0 Å².